The fraction of sp³-hybridized carbons (Fsp3) is 0.429. The largest absolute Gasteiger partial charge is 0.481 e. The van der Waals surface area contributed by atoms with Gasteiger partial charge in [-0.3, -0.25) is 14.3 Å². The number of H-pyrrole nitrogens is 1. The molecule has 5 nitrogen and oxygen atoms in total. The number of aromatic nitrogens is 2. The Morgan fingerprint density at radius 2 is 2.42 bits per heavy atom. The molecule has 1 aromatic heterocycles. The highest BCUT2D eigenvalue weighted by Gasteiger charge is 2.05. The number of nitrogens with one attached hydrogen (secondary N) is 1. The van der Waals surface area contributed by atoms with Crippen LogP contribution in [0.4, 0.5) is 0 Å². The lowest BCUT2D eigenvalue weighted by Gasteiger charge is -1.89. The van der Waals surface area contributed by atoms with E-state index >= 15 is 0 Å². The molecule has 0 aliphatic rings. The first-order valence-electron chi connectivity index (χ1n) is 3.56. The van der Waals surface area contributed by atoms with Crippen LogP contribution in [0.3, 0.4) is 0 Å². The minimum atomic E-state index is -0.891. The smallest absolute Gasteiger partial charge is 0.303 e. The van der Waals surface area contributed by atoms with E-state index in [0.717, 1.165) is 0 Å². The summed E-state index contributed by atoms with van der Waals surface area (Å²) in [5, 5.41) is 11.0. The molecule has 12 heavy (non-hydrogen) atoms. The van der Waals surface area contributed by atoms with Gasteiger partial charge in [-0.25, -0.2) is 0 Å². The number of nitrogens with zero attached hydrogens (tertiary/aromatic N) is 1. The minimum absolute atomic E-state index is 0.00685. The second-order valence-electron chi connectivity index (χ2n) is 2.56. The Bertz CT molecular complexity index is 337. The van der Waals surface area contributed by atoms with E-state index in [-0.39, 0.29) is 18.4 Å². The van der Waals surface area contributed by atoms with Crippen molar-refractivity contribution in [3.05, 3.63) is 22.1 Å². The topological polar surface area (TPSA) is 75.1 Å². The quantitative estimate of drug-likeness (QED) is 0.655. The highest BCUT2D eigenvalue weighted by atomic mass is 16.4. The predicted octanol–water partition coefficient (Wildman–Crippen LogP) is -0.269. The van der Waals surface area contributed by atoms with E-state index in [2.05, 4.69) is 5.10 Å². The Morgan fingerprint density at radius 3 is 2.83 bits per heavy atom. The van der Waals surface area contributed by atoms with Crippen LogP contribution in [-0.4, -0.2) is 20.9 Å². The van der Waals surface area contributed by atoms with Crippen LogP contribution in [0, 0.1) is 0 Å². The summed E-state index contributed by atoms with van der Waals surface area (Å²) in [5.41, 5.74) is 0.358. The number of carbonyl (C=O) groups is 1. The molecule has 0 amide bonds. The molecule has 5 heteroatoms. The molecule has 0 spiro atoms. The second-order valence-corrected chi connectivity index (χ2v) is 2.56. The fourth-order valence-electron chi connectivity index (χ4n) is 0.931. The van der Waals surface area contributed by atoms with Gasteiger partial charge in [-0.15, -0.1) is 0 Å². The highest BCUT2D eigenvalue weighted by molar-refractivity contribution is 5.67. The van der Waals surface area contributed by atoms with E-state index in [1.54, 1.807) is 7.05 Å². The lowest BCUT2D eigenvalue weighted by Crippen LogP contribution is -2.15. The maximum Gasteiger partial charge on any atom is 0.303 e. The van der Waals surface area contributed by atoms with E-state index in [4.69, 9.17) is 5.11 Å². The third kappa shape index (κ3) is 1.75. The molecular formula is C7H10N2O3. The summed E-state index contributed by atoms with van der Waals surface area (Å²) in [4.78, 5) is 21.3. The van der Waals surface area contributed by atoms with Gasteiger partial charge in [0.2, 0.25) is 0 Å². The first-order valence-corrected chi connectivity index (χ1v) is 3.56. The lowest BCUT2D eigenvalue weighted by atomic mass is 10.2. The average molecular weight is 170 g/mol. The van der Waals surface area contributed by atoms with Crippen molar-refractivity contribution in [2.45, 2.75) is 12.8 Å². The first-order chi connectivity index (χ1) is 5.61. The third-order valence-electron chi connectivity index (χ3n) is 1.62. The number of aromatic amines is 1. The van der Waals surface area contributed by atoms with Crippen LogP contribution in [0.15, 0.2) is 11.0 Å². The molecule has 0 saturated carbocycles. The van der Waals surface area contributed by atoms with E-state index in [0.29, 0.717) is 5.56 Å². The van der Waals surface area contributed by atoms with Gasteiger partial charge in [0.05, 0.1) is 0 Å². The standard InChI is InChI=1S/C7H10N2O3/c1-9-7(12)5(4-8-9)2-3-6(10)11/h4,8H,2-3H2,1H3,(H,10,11). The molecule has 0 unspecified atom stereocenters. The fourth-order valence-corrected chi connectivity index (χ4v) is 0.931. The second kappa shape index (κ2) is 3.25. The van der Waals surface area contributed by atoms with E-state index in [9.17, 15) is 9.59 Å². The number of hydrogen-bond acceptors (Lipinski definition) is 2. The molecule has 1 heterocycles. The van der Waals surface area contributed by atoms with E-state index in [1.807, 2.05) is 0 Å². The van der Waals surface area contributed by atoms with Crippen LogP contribution in [0.2, 0.25) is 0 Å². The van der Waals surface area contributed by atoms with Crippen molar-refractivity contribution in [2.24, 2.45) is 7.05 Å². The van der Waals surface area contributed by atoms with E-state index in [1.165, 1.54) is 10.9 Å². The Hall–Kier alpha value is -1.52. The van der Waals surface area contributed by atoms with Gasteiger partial charge in [-0.1, -0.05) is 0 Å². The predicted molar refractivity (Wildman–Crippen MR) is 42.0 cm³/mol. The normalized spacial score (nSPS) is 10.1. The summed E-state index contributed by atoms with van der Waals surface area (Å²) in [6.45, 7) is 0. The maximum atomic E-state index is 11.1. The molecule has 0 aliphatic heterocycles. The van der Waals surface area contributed by atoms with Crippen molar-refractivity contribution in [1.29, 1.82) is 0 Å². The Morgan fingerprint density at radius 1 is 1.75 bits per heavy atom. The number of rotatable bonds is 3. The van der Waals surface area contributed by atoms with Crippen molar-refractivity contribution in [3.8, 4) is 0 Å². The van der Waals surface area contributed by atoms with Gasteiger partial charge < -0.3 is 10.2 Å². The van der Waals surface area contributed by atoms with Crippen LogP contribution in [-0.2, 0) is 18.3 Å². The van der Waals surface area contributed by atoms with Gasteiger partial charge in [0.25, 0.3) is 5.56 Å². The summed E-state index contributed by atoms with van der Waals surface area (Å²) in [6, 6.07) is 0. The van der Waals surface area contributed by atoms with Gasteiger partial charge in [0.15, 0.2) is 0 Å². The molecule has 0 saturated heterocycles. The van der Waals surface area contributed by atoms with Gasteiger partial charge in [0, 0.05) is 25.2 Å². The maximum absolute atomic E-state index is 11.1. The third-order valence-corrected chi connectivity index (χ3v) is 1.62. The molecule has 0 aromatic carbocycles. The Kier molecular flexibility index (Phi) is 2.32. The van der Waals surface area contributed by atoms with Crippen LogP contribution in [0.25, 0.3) is 0 Å². The molecule has 1 aromatic rings. The van der Waals surface area contributed by atoms with Crippen molar-refractivity contribution >= 4 is 5.97 Å². The van der Waals surface area contributed by atoms with Crippen molar-refractivity contribution in [3.63, 3.8) is 0 Å². The zero-order valence-electron chi connectivity index (χ0n) is 6.70. The number of aryl methyl sites for hydroxylation is 2. The molecule has 1 rings (SSSR count). The van der Waals surface area contributed by atoms with Gasteiger partial charge in [-0.2, -0.15) is 0 Å². The van der Waals surface area contributed by atoms with Gasteiger partial charge >= 0.3 is 5.97 Å². The van der Waals surface area contributed by atoms with Crippen molar-refractivity contribution < 1.29 is 9.90 Å². The minimum Gasteiger partial charge on any atom is -0.481 e. The molecule has 66 valence electrons. The SMILES string of the molecule is Cn1[nH]cc(CCC(=O)O)c1=O. The Labute approximate surface area is 68.6 Å². The monoisotopic (exact) mass is 170 g/mol. The summed E-state index contributed by atoms with van der Waals surface area (Å²) in [7, 11) is 1.59. The number of carboxylic acid groups (broad SMARTS) is 1. The van der Waals surface area contributed by atoms with Crippen LogP contribution >= 0.6 is 0 Å². The van der Waals surface area contributed by atoms with Crippen molar-refractivity contribution in [2.75, 3.05) is 0 Å². The van der Waals surface area contributed by atoms with Gasteiger partial charge in [-0.05, 0) is 6.42 Å². The van der Waals surface area contributed by atoms with Crippen LogP contribution in [0.1, 0.15) is 12.0 Å². The number of carboxylic acids is 1. The van der Waals surface area contributed by atoms with Gasteiger partial charge in [0.1, 0.15) is 0 Å². The molecule has 2 N–H and O–H groups in total. The summed E-state index contributed by atoms with van der Waals surface area (Å²) in [6.07, 6.45) is 1.81. The number of aliphatic carboxylic acids is 1. The highest BCUT2D eigenvalue weighted by Crippen LogP contribution is 1.94. The summed E-state index contributed by atoms with van der Waals surface area (Å²) in [5.74, 6) is -0.891. The summed E-state index contributed by atoms with van der Waals surface area (Å²) >= 11 is 0. The van der Waals surface area contributed by atoms with Crippen molar-refractivity contribution in [1.82, 2.24) is 9.78 Å². The molecule has 0 radical (unpaired) electrons. The molecular weight excluding hydrogens is 160 g/mol. The zero-order chi connectivity index (χ0) is 9.14. The van der Waals surface area contributed by atoms with Crippen LogP contribution < -0.4 is 5.56 Å². The first kappa shape index (κ1) is 8.58. The zero-order valence-corrected chi connectivity index (χ0v) is 6.70. The lowest BCUT2D eigenvalue weighted by molar-refractivity contribution is -0.136. The Balaban J connectivity index is 2.70. The molecule has 0 atom stereocenters. The van der Waals surface area contributed by atoms with E-state index < -0.39 is 5.97 Å². The molecule has 0 bridgehead atoms. The number of hydrogen-bond donors (Lipinski definition) is 2. The molecule has 0 fully saturated rings. The summed E-state index contributed by atoms with van der Waals surface area (Å²) < 4.78 is 1.32. The molecule has 0 aliphatic carbocycles. The average Bonchev–Trinajstić information content (AvgIpc) is 2.30. The van der Waals surface area contributed by atoms with Crippen LogP contribution in [0.5, 0.6) is 0 Å².